The van der Waals surface area contributed by atoms with Gasteiger partial charge in [-0.2, -0.15) is 0 Å². The third kappa shape index (κ3) is 3.57. The molecule has 1 aromatic heterocycles. The molecule has 0 spiro atoms. The van der Waals surface area contributed by atoms with E-state index in [9.17, 15) is 14.9 Å². The summed E-state index contributed by atoms with van der Waals surface area (Å²) in [6, 6.07) is 8.07. The van der Waals surface area contributed by atoms with Crippen LogP contribution >= 0.6 is 11.8 Å². The van der Waals surface area contributed by atoms with E-state index in [-0.39, 0.29) is 11.3 Å². The zero-order valence-corrected chi connectivity index (χ0v) is 12.0. The maximum absolute atomic E-state index is 10.9. The van der Waals surface area contributed by atoms with Crippen LogP contribution in [-0.2, 0) is 5.75 Å². The number of carbonyl (C=O) groups is 1. The molecule has 0 saturated heterocycles. The number of thioether (sulfide) groups is 1. The number of carboxylic acid groups (broad SMARTS) is 1. The molecule has 2 aromatic rings. The van der Waals surface area contributed by atoms with Gasteiger partial charge in [0.05, 0.1) is 15.5 Å². The first-order valence-corrected chi connectivity index (χ1v) is 7.02. The first-order valence-electron chi connectivity index (χ1n) is 6.04. The lowest BCUT2D eigenvalue weighted by molar-refractivity contribution is -0.385. The number of pyridine rings is 1. The Hall–Kier alpha value is -2.41. The molecule has 6 nitrogen and oxygen atoms in total. The van der Waals surface area contributed by atoms with Crippen molar-refractivity contribution in [1.82, 2.24) is 4.98 Å². The third-order valence-corrected chi connectivity index (χ3v) is 3.97. The van der Waals surface area contributed by atoms with Crippen molar-refractivity contribution in [3.8, 4) is 0 Å². The van der Waals surface area contributed by atoms with Crippen LogP contribution in [0.1, 0.15) is 21.5 Å². The van der Waals surface area contributed by atoms with E-state index in [1.165, 1.54) is 30.1 Å². The summed E-state index contributed by atoms with van der Waals surface area (Å²) in [7, 11) is 0. The fourth-order valence-electron chi connectivity index (χ4n) is 1.77. The van der Waals surface area contributed by atoms with Crippen LogP contribution in [0, 0.1) is 17.0 Å². The van der Waals surface area contributed by atoms with Crippen LogP contribution in [0.4, 0.5) is 5.69 Å². The molecule has 0 amide bonds. The number of hydrogen-bond acceptors (Lipinski definition) is 5. The number of hydrogen-bond donors (Lipinski definition) is 1. The molecular weight excluding hydrogens is 292 g/mol. The van der Waals surface area contributed by atoms with Crippen LogP contribution in [0.3, 0.4) is 0 Å². The Balaban J connectivity index is 2.11. The largest absolute Gasteiger partial charge is 0.478 e. The Labute approximate surface area is 125 Å². The second kappa shape index (κ2) is 6.36. The van der Waals surface area contributed by atoms with Crippen molar-refractivity contribution >= 4 is 23.4 Å². The van der Waals surface area contributed by atoms with Gasteiger partial charge < -0.3 is 5.11 Å². The highest BCUT2D eigenvalue weighted by molar-refractivity contribution is 7.98. The van der Waals surface area contributed by atoms with E-state index in [1.807, 2.05) is 6.07 Å². The van der Waals surface area contributed by atoms with Crippen molar-refractivity contribution in [2.45, 2.75) is 17.7 Å². The predicted molar refractivity (Wildman–Crippen MR) is 78.6 cm³/mol. The smallest absolute Gasteiger partial charge is 0.337 e. The first-order chi connectivity index (χ1) is 9.99. The standard InChI is InChI=1S/C14H12N2O4S/c1-9-11(3-2-4-12(9)16(19)20)8-21-13-6-5-10(7-15-13)14(17)18/h2-7H,8H2,1H3,(H,17,18). The summed E-state index contributed by atoms with van der Waals surface area (Å²) in [5.74, 6) is -0.485. The Morgan fingerprint density at radius 3 is 2.71 bits per heavy atom. The molecule has 21 heavy (non-hydrogen) atoms. The zero-order valence-electron chi connectivity index (χ0n) is 11.1. The van der Waals surface area contributed by atoms with Gasteiger partial charge in [-0.1, -0.05) is 12.1 Å². The topological polar surface area (TPSA) is 93.3 Å². The molecule has 108 valence electrons. The number of carboxylic acids is 1. The van der Waals surface area contributed by atoms with E-state index in [2.05, 4.69) is 4.98 Å². The minimum atomic E-state index is -1.02. The number of rotatable bonds is 5. The van der Waals surface area contributed by atoms with Gasteiger partial charge in [0, 0.05) is 23.6 Å². The second-order valence-electron chi connectivity index (χ2n) is 4.30. The van der Waals surface area contributed by atoms with Crippen molar-refractivity contribution in [3.05, 3.63) is 63.3 Å². The summed E-state index contributed by atoms with van der Waals surface area (Å²) < 4.78 is 0. The Kier molecular flexibility index (Phi) is 4.54. The van der Waals surface area contributed by atoms with E-state index in [0.717, 1.165) is 5.56 Å². The number of benzene rings is 1. The molecule has 0 aliphatic rings. The fourth-order valence-corrected chi connectivity index (χ4v) is 2.68. The molecule has 0 atom stereocenters. The third-order valence-electron chi connectivity index (χ3n) is 2.97. The number of aromatic nitrogens is 1. The lowest BCUT2D eigenvalue weighted by atomic mass is 10.1. The fraction of sp³-hybridized carbons (Fsp3) is 0.143. The van der Waals surface area contributed by atoms with Crippen LogP contribution in [0.5, 0.6) is 0 Å². The summed E-state index contributed by atoms with van der Waals surface area (Å²) >= 11 is 1.40. The molecule has 0 bridgehead atoms. The number of aromatic carboxylic acids is 1. The normalized spacial score (nSPS) is 10.3. The quantitative estimate of drug-likeness (QED) is 0.517. The molecule has 0 aliphatic carbocycles. The molecule has 1 N–H and O–H groups in total. The molecule has 7 heteroatoms. The summed E-state index contributed by atoms with van der Waals surface area (Å²) in [6.07, 6.45) is 1.30. The van der Waals surface area contributed by atoms with Gasteiger partial charge in [0.2, 0.25) is 0 Å². The van der Waals surface area contributed by atoms with Crippen molar-refractivity contribution in [2.24, 2.45) is 0 Å². The van der Waals surface area contributed by atoms with Crippen LogP contribution < -0.4 is 0 Å². The Morgan fingerprint density at radius 2 is 2.14 bits per heavy atom. The lowest BCUT2D eigenvalue weighted by Crippen LogP contribution is -1.97. The molecule has 2 rings (SSSR count). The van der Waals surface area contributed by atoms with Crippen LogP contribution in [0.25, 0.3) is 0 Å². The van der Waals surface area contributed by atoms with Gasteiger partial charge in [0.1, 0.15) is 0 Å². The van der Waals surface area contributed by atoms with Crippen LogP contribution in [-0.4, -0.2) is 21.0 Å². The Bertz CT molecular complexity index is 686. The van der Waals surface area contributed by atoms with E-state index in [1.54, 1.807) is 19.1 Å². The zero-order chi connectivity index (χ0) is 15.4. The Morgan fingerprint density at radius 1 is 1.38 bits per heavy atom. The highest BCUT2D eigenvalue weighted by atomic mass is 32.2. The summed E-state index contributed by atoms with van der Waals surface area (Å²) in [5, 5.41) is 20.3. The first kappa shape index (κ1) is 15.0. The average molecular weight is 304 g/mol. The van der Waals surface area contributed by atoms with E-state index < -0.39 is 10.9 Å². The van der Waals surface area contributed by atoms with Crippen molar-refractivity contribution in [2.75, 3.05) is 0 Å². The van der Waals surface area contributed by atoms with Gasteiger partial charge in [0.25, 0.3) is 5.69 Å². The summed E-state index contributed by atoms with van der Waals surface area (Å²) in [6.45, 7) is 1.72. The molecule has 0 aliphatic heterocycles. The maximum atomic E-state index is 10.9. The molecule has 1 heterocycles. The predicted octanol–water partition coefficient (Wildman–Crippen LogP) is 3.29. The summed E-state index contributed by atoms with van der Waals surface area (Å²) in [4.78, 5) is 25.3. The van der Waals surface area contributed by atoms with Gasteiger partial charge in [-0.15, -0.1) is 11.8 Å². The van der Waals surface area contributed by atoms with Crippen molar-refractivity contribution < 1.29 is 14.8 Å². The SMILES string of the molecule is Cc1c(CSc2ccc(C(=O)O)cn2)cccc1[N+](=O)[O-]. The van der Waals surface area contributed by atoms with Gasteiger partial charge in [0.15, 0.2) is 0 Å². The molecule has 0 saturated carbocycles. The monoisotopic (exact) mass is 304 g/mol. The summed E-state index contributed by atoms with van der Waals surface area (Å²) in [5.41, 5.74) is 1.73. The minimum absolute atomic E-state index is 0.0993. The van der Waals surface area contributed by atoms with Crippen molar-refractivity contribution in [1.29, 1.82) is 0 Å². The van der Waals surface area contributed by atoms with Gasteiger partial charge in [-0.05, 0) is 24.6 Å². The van der Waals surface area contributed by atoms with Crippen molar-refractivity contribution in [3.63, 3.8) is 0 Å². The molecule has 0 fully saturated rings. The van der Waals surface area contributed by atoms with E-state index in [0.29, 0.717) is 16.3 Å². The second-order valence-corrected chi connectivity index (χ2v) is 5.29. The van der Waals surface area contributed by atoms with Gasteiger partial charge >= 0.3 is 5.97 Å². The van der Waals surface area contributed by atoms with E-state index in [4.69, 9.17) is 5.11 Å². The lowest BCUT2D eigenvalue weighted by Gasteiger charge is -2.06. The number of nitro benzene ring substituents is 1. The van der Waals surface area contributed by atoms with Gasteiger partial charge in [-0.25, -0.2) is 9.78 Å². The molecule has 1 aromatic carbocycles. The average Bonchev–Trinajstić information content (AvgIpc) is 2.46. The number of nitrogens with zero attached hydrogens (tertiary/aromatic N) is 2. The molecular formula is C14H12N2O4S. The minimum Gasteiger partial charge on any atom is -0.478 e. The highest BCUT2D eigenvalue weighted by Gasteiger charge is 2.13. The van der Waals surface area contributed by atoms with Crippen LogP contribution in [0.15, 0.2) is 41.6 Å². The highest BCUT2D eigenvalue weighted by Crippen LogP contribution is 2.27. The van der Waals surface area contributed by atoms with Crippen LogP contribution in [0.2, 0.25) is 0 Å². The van der Waals surface area contributed by atoms with E-state index >= 15 is 0 Å². The number of nitro groups is 1. The molecule has 0 radical (unpaired) electrons. The molecule has 0 unspecified atom stereocenters. The van der Waals surface area contributed by atoms with Gasteiger partial charge in [-0.3, -0.25) is 10.1 Å². The maximum Gasteiger partial charge on any atom is 0.337 e.